The smallest absolute Gasteiger partial charge is 0.222 e. The molecule has 1 fully saturated rings. The van der Waals surface area contributed by atoms with E-state index in [1.54, 1.807) is 25.1 Å². The topological polar surface area (TPSA) is 68.5 Å². The van der Waals surface area contributed by atoms with Gasteiger partial charge in [-0.15, -0.1) is 0 Å². The summed E-state index contributed by atoms with van der Waals surface area (Å²) in [5.74, 6) is 0.669. The van der Waals surface area contributed by atoms with Crippen molar-refractivity contribution in [3.63, 3.8) is 0 Å². The molecule has 5 nitrogen and oxygen atoms in total. The van der Waals surface area contributed by atoms with Crippen molar-refractivity contribution in [2.75, 3.05) is 14.2 Å². The van der Waals surface area contributed by atoms with Crippen LogP contribution in [0.3, 0.4) is 0 Å². The minimum absolute atomic E-state index is 0.0824. The van der Waals surface area contributed by atoms with Crippen LogP contribution in [0.1, 0.15) is 31.0 Å². The molecule has 2 heterocycles. The van der Waals surface area contributed by atoms with E-state index in [0.717, 1.165) is 18.5 Å². The minimum Gasteiger partial charge on any atom is -0.481 e. The number of hydrogen-bond donors (Lipinski definition) is 1. The average molecular weight is 249 g/mol. The lowest BCUT2D eigenvalue weighted by atomic mass is 10.0. The van der Waals surface area contributed by atoms with Gasteiger partial charge in [-0.05, 0) is 18.9 Å². The third-order valence-electron chi connectivity index (χ3n) is 3.40. The number of carbonyl (C=O) groups excluding carboxylic acids is 1. The fourth-order valence-electron chi connectivity index (χ4n) is 2.39. The Morgan fingerprint density at radius 3 is 3.00 bits per heavy atom. The number of nitrogens with two attached hydrogens (primary N) is 1. The third-order valence-corrected chi connectivity index (χ3v) is 3.40. The molecular weight excluding hydrogens is 230 g/mol. The van der Waals surface area contributed by atoms with E-state index >= 15 is 0 Å². The first kappa shape index (κ1) is 12.8. The van der Waals surface area contributed by atoms with Gasteiger partial charge in [0.25, 0.3) is 0 Å². The van der Waals surface area contributed by atoms with Crippen molar-refractivity contribution in [1.29, 1.82) is 0 Å². The standard InChI is InChI=1S/C13H19N3O2/c1-16-12(17)8-3-5-9(14)13(16)10-6-4-7-11(15-10)18-2/h4,6-7,9,13H,3,5,8,14H2,1-2H3. The highest BCUT2D eigenvalue weighted by Crippen LogP contribution is 2.28. The van der Waals surface area contributed by atoms with Gasteiger partial charge in [0.05, 0.1) is 18.8 Å². The van der Waals surface area contributed by atoms with Crippen LogP contribution in [0, 0.1) is 0 Å². The van der Waals surface area contributed by atoms with Crippen molar-refractivity contribution >= 4 is 5.91 Å². The van der Waals surface area contributed by atoms with Crippen molar-refractivity contribution in [2.45, 2.75) is 31.3 Å². The lowest BCUT2D eigenvalue weighted by Gasteiger charge is -2.29. The van der Waals surface area contributed by atoms with E-state index in [2.05, 4.69) is 4.98 Å². The van der Waals surface area contributed by atoms with Gasteiger partial charge in [-0.3, -0.25) is 4.79 Å². The van der Waals surface area contributed by atoms with Gasteiger partial charge in [0.15, 0.2) is 0 Å². The maximum atomic E-state index is 11.9. The highest BCUT2D eigenvalue weighted by Gasteiger charge is 2.31. The number of nitrogens with zero attached hydrogens (tertiary/aromatic N) is 2. The number of carbonyl (C=O) groups is 1. The van der Waals surface area contributed by atoms with Crippen LogP contribution in [-0.4, -0.2) is 36.0 Å². The van der Waals surface area contributed by atoms with Crippen LogP contribution in [0.15, 0.2) is 18.2 Å². The SMILES string of the molecule is COc1cccc(C2C(N)CCCC(=O)N2C)n1. The molecule has 2 atom stereocenters. The number of hydrogen-bond acceptors (Lipinski definition) is 4. The molecule has 2 rings (SSSR count). The second-order valence-electron chi connectivity index (χ2n) is 4.61. The quantitative estimate of drug-likeness (QED) is 0.852. The number of ether oxygens (including phenoxy) is 1. The van der Waals surface area contributed by atoms with E-state index in [1.807, 2.05) is 12.1 Å². The van der Waals surface area contributed by atoms with E-state index in [0.29, 0.717) is 12.3 Å². The number of pyridine rings is 1. The molecular formula is C13H19N3O2. The van der Waals surface area contributed by atoms with Crippen LogP contribution in [-0.2, 0) is 4.79 Å². The molecule has 1 aliphatic rings. The molecule has 0 aliphatic carbocycles. The summed E-state index contributed by atoms with van der Waals surface area (Å²) in [6.45, 7) is 0. The number of amides is 1. The van der Waals surface area contributed by atoms with Gasteiger partial charge in [-0.1, -0.05) is 6.07 Å². The number of aromatic nitrogens is 1. The zero-order valence-electron chi connectivity index (χ0n) is 10.8. The van der Waals surface area contributed by atoms with Crippen LogP contribution in [0.2, 0.25) is 0 Å². The molecule has 1 aromatic rings. The normalized spacial score (nSPS) is 24.8. The average Bonchev–Trinajstić information content (AvgIpc) is 2.50. The van der Waals surface area contributed by atoms with Crippen molar-refractivity contribution < 1.29 is 9.53 Å². The Kier molecular flexibility index (Phi) is 3.81. The van der Waals surface area contributed by atoms with Crippen LogP contribution in [0.25, 0.3) is 0 Å². The van der Waals surface area contributed by atoms with Gasteiger partial charge < -0.3 is 15.4 Å². The molecule has 1 saturated heterocycles. The van der Waals surface area contributed by atoms with E-state index in [-0.39, 0.29) is 18.0 Å². The van der Waals surface area contributed by atoms with Crippen molar-refractivity contribution in [2.24, 2.45) is 5.73 Å². The zero-order valence-corrected chi connectivity index (χ0v) is 10.8. The summed E-state index contributed by atoms with van der Waals surface area (Å²) in [5.41, 5.74) is 6.97. The number of likely N-dealkylation sites (N-methyl/N-ethyl adjacent to an activating group) is 1. The second kappa shape index (κ2) is 5.35. The summed E-state index contributed by atoms with van der Waals surface area (Å²) in [7, 11) is 3.37. The second-order valence-corrected chi connectivity index (χ2v) is 4.61. The predicted octanol–water partition coefficient (Wildman–Crippen LogP) is 1.10. The largest absolute Gasteiger partial charge is 0.481 e. The molecule has 18 heavy (non-hydrogen) atoms. The molecule has 2 unspecified atom stereocenters. The summed E-state index contributed by atoms with van der Waals surface area (Å²) >= 11 is 0. The van der Waals surface area contributed by atoms with Gasteiger partial charge in [-0.25, -0.2) is 4.98 Å². The maximum Gasteiger partial charge on any atom is 0.222 e. The van der Waals surface area contributed by atoms with Crippen LogP contribution in [0.4, 0.5) is 0 Å². The fraction of sp³-hybridized carbons (Fsp3) is 0.538. The van der Waals surface area contributed by atoms with Crippen molar-refractivity contribution in [3.8, 4) is 5.88 Å². The van der Waals surface area contributed by atoms with E-state index in [4.69, 9.17) is 10.5 Å². The first-order valence-electron chi connectivity index (χ1n) is 6.15. The van der Waals surface area contributed by atoms with E-state index in [9.17, 15) is 4.79 Å². The summed E-state index contributed by atoms with van der Waals surface area (Å²) in [4.78, 5) is 18.0. The van der Waals surface area contributed by atoms with Gasteiger partial charge >= 0.3 is 0 Å². The Labute approximate surface area is 107 Å². The Balaban J connectivity index is 2.34. The molecule has 2 N–H and O–H groups in total. The zero-order chi connectivity index (χ0) is 13.1. The van der Waals surface area contributed by atoms with Crippen LogP contribution < -0.4 is 10.5 Å². The summed E-state index contributed by atoms with van der Waals surface area (Å²) in [6.07, 6.45) is 2.23. The number of methoxy groups -OCH3 is 1. The first-order chi connectivity index (χ1) is 8.63. The number of rotatable bonds is 2. The summed E-state index contributed by atoms with van der Waals surface area (Å²) in [6, 6.07) is 5.29. The van der Waals surface area contributed by atoms with Gasteiger partial charge in [0.1, 0.15) is 0 Å². The maximum absolute atomic E-state index is 11.9. The van der Waals surface area contributed by atoms with Crippen LogP contribution in [0.5, 0.6) is 5.88 Å². The molecule has 5 heteroatoms. The molecule has 1 aliphatic heterocycles. The highest BCUT2D eigenvalue weighted by molar-refractivity contribution is 5.76. The van der Waals surface area contributed by atoms with Crippen molar-refractivity contribution in [3.05, 3.63) is 23.9 Å². The van der Waals surface area contributed by atoms with Gasteiger partial charge in [-0.2, -0.15) is 0 Å². The minimum atomic E-state index is -0.171. The Morgan fingerprint density at radius 2 is 2.28 bits per heavy atom. The van der Waals surface area contributed by atoms with E-state index in [1.165, 1.54) is 0 Å². The Morgan fingerprint density at radius 1 is 1.50 bits per heavy atom. The lowest BCUT2D eigenvalue weighted by Crippen LogP contribution is -2.40. The Bertz CT molecular complexity index is 436. The fourth-order valence-corrected chi connectivity index (χ4v) is 2.39. The lowest BCUT2D eigenvalue weighted by molar-refractivity contribution is -0.131. The summed E-state index contributed by atoms with van der Waals surface area (Å²) in [5, 5.41) is 0. The first-order valence-corrected chi connectivity index (χ1v) is 6.15. The van der Waals surface area contributed by atoms with Crippen LogP contribution >= 0.6 is 0 Å². The third kappa shape index (κ3) is 2.46. The Hall–Kier alpha value is -1.62. The molecule has 0 saturated carbocycles. The van der Waals surface area contributed by atoms with Gasteiger partial charge in [0, 0.05) is 25.6 Å². The monoisotopic (exact) mass is 249 g/mol. The van der Waals surface area contributed by atoms with E-state index < -0.39 is 0 Å². The van der Waals surface area contributed by atoms with Crippen molar-refractivity contribution in [1.82, 2.24) is 9.88 Å². The number of likely N-dealkylation sites (tertiary alicyclic amines) is 1. The molecule has 1 aromatic heterocycles. The molecule has 0 aromatic carbocycles. The molecule has 0 spiro atoms. The summed E-state index contributed by atoms with van der Waals surface area (Å²) < 4.78 is 5.12. The molecule has 1 amide bonds. The van der Waals surface area contributed by atoms with Gasteiger partial charge in [0.2, 0.25) is 11.8 Å². The molecule has 0 radical (unpaired) electrons. The highest BCUT2D eigenvalue weighted by atomic mass is 16.5. The molecule has 98 valence electrons. The molecule has 0 bridgehead atoms. The predicted molar refractivity (Wildman–Crippen MR) is 68.1 cm³/mol.